The fourth-order valence-corrected chi connectivity index (χ4v) is 2.22. The molecule has 0 fully saturated rings. The van der Waals surface area contributed by atoms with Crippen LogP contribution in [0.15, 0.2) is 47.1 Å². The first kappa shape index (κ1) is 16.7. The summed E-state index contributed by atoms with van der Waals surface area (Å²) in [4.78, 5) is 2.13. The fourth-order valence-electron chi connectivity index (χ4n) is 1.89. The molecular formula is C15H15BrNOY-. The van der Waals surface area contributed by atoms with Crippen molar-refractivity contribution >= 4 is 21.6 Å². The molecule has 2 nitrogen and oxygen atoms in total. The average molecular weight is 394 g/mol. The van der Waals surface area contributed by atoms with Gasteiger partial charge in [-0.2, -0.15) is 12.2 Å². The van der Waals surface area contributed by atoms with Crippen molar-refractivity contribution in [3.8, 4) is 5.75 Å². The zero-order chi connectivity index (χ0) is 13.1. The van der Waals surface area contributed by atoms with E-state index in [-0.39, 0.29) is 32.7 Å². The molecule has 1 radical (unpaired) electrons. The summed E-state index contributed by atoms with van der Waals surface area (Å²) in [6, 6.07) is 7.97. The number of allylic oxidation sites excluding steroid dienone is 3. The van der Waals surface area contributed by atoms with Crippen LogP contribution in [0.4, 0.5) is 0 Å². The topological polar surface area (TPSA) is 12.5 Å². The van der Waals surface area contributed by atoms with Gasteiger partial charge in [0.2, 0.25) is 0 Å². The van der Waals surface area contributed by atoms with Crippen LogP contribution >= 0.6 is 15.9 Å². The van der Waals surface area contributed by atoms with E-state index in [0.29, 0.717) is 0 Å². The largest absolute Gasteiger partial charge is 0.497 e. The zero-order valence-electron chi connectivity index (χ0n) is 11.1. The van der Waals surface area contributed by atoms with Gasteiger partial charge in [0.05, 0.1) is 7.11 Å². The molecule has 0 saturated heterocycles. The van der Waals surface area contributed by atoms with Crippen molar-refractivity contribution in [2.24, 2.45) is 0 Å². The maximum absolute atomic E-state index is 5.17. The summed E-state index contributed by atoms with van der Waals surface area (Å²) < 4.78 is 6.14. The van der Waals surface area contributed by atoms with Crippen LogP contribution in [-0.2, 0) is 32.7 Å². The summed E-state index contributed by atoms with van der Waals surface area (Å²) in [5, 5.41) is 0. The Balaban J connectivity index is 0.00000180. The monoisotopic (exact) mass is 393 g/mol. The number of hydrogen-bond acceptors (Lipinski definition) is 2. The van der Waals surface area contributed by atoms with Crippen molar-refractivity contribution in [2.75, 3.05) is 13.7 Å². The van der Waals surface area contributed by atoms with E-state index in [1.165, 1.54) is 0 Å². The van der Waals surface area contributed by atoms with Gasteiger partial charge < -0.3 is 9.64 Å². The summed E-state index contributed by atoms with van der Waals surface area (Å²) in [6.45, 7) is 7.04. The van der Waals surface area contributed by atoms with Gasteiger partial charge in [-0.05, 0) is 24.8 Å². The van der Waals surface area contributed by atoms with Gasteiger partial charge in [-0.15, -0.1) is 28.1 Å². The van der Waals surface area contributed by atoms with Gasteiger partial charge >= 0.3 is 0 Å². The summed E-state index contributed by atoms with van der Waals surface area (Å²) in [7, 11) is 1.67. The molecule has 19 heavy (non-hydrogen) atoms. The second kappa shape index (κ2) is 7.42. The fraction of sp³-hybridized carbons (Fsp3) is 0.200. The average Bonchev–Trinajstić information content (AvgIpc) is 2.42. The number of nitrogens with zero attached hydrogens (tertiary/aromatic N) is 1. The third kappa shape index (κ3) is 3.59. The Labute approximate surface area is 148 Å². The van der Waals surface area contributed by atoms with Gasteiger partial charge in [-0.3, -0.25) is 0 Å². The van der Waals surface area contributed by atoms with Gasteiger partial charge in [0.1, 0.15) is 5.75 Å². The molecule has 1 aliphatic heterocycles. The minimum atomic E-state index is 0. The van der Waals surface area contributed by atoms with Gasteiger partial charge in [-0.1, -0.05) is 22.3 Å². The van der Waals surface area contributed by atoms with Crippen molar-refractivity contribution in [1.82, 2.24) is 4.90 Å². The van der Waals surface area contributed by atoms with Crippen LogP contribution < -0.4 is 4.74 Å². The SMILES string of the molecule is C=C1C(Br)=C[C-]=C(c2ccc(OC)cc2)N1CC.[Y]. The molecule has 0 aliphatic carbocycles. The predicted molar refractivity (Wildman–Crippen MR) is 78.2 cm³/mol. The quantitative estimate of drug-likeness (QED) is 0.720. The number of rotatable bonds is 3. The Hall–Kier alpha value is -0.376. The molecule has 0 unspecified atom stereocenters. The van der Waals surface area contributed by atoms with Crippen LogP contribution in [0.5, 0.6) is 5.75 Å². The molecule has 0 spiro atoms. The minimum Gasteiger partial charge on any atom is -0.497 e. The van der Waals surface area contributed by atoms with E-state index in [4.69, 9.17) is 4.74 Å². The van der Waals surface area contributed by atoms with E-state index in [0.717, 1.165) is 33.7 Å². The van der Waals surface area contributed by atoms with E-state index in [1.807, 2.05) is 30.3 Å². The van der Waals surface area contributed by atoms with Crippen molar-refractivity contribution in [2.45, 2.75) is 6.92 Å². The molecule has 0 aromatic heterocycles. The maximum atomic E-state index is 5.17. The van der Waals surface area contributed by atoms with Gasteiger partial charge in [0.25, 0.3) is 0 Å². The Bertz CT molecular complexity index is 519. The smallest absolute Gasteiger partial charge is 0.116 e. The number of hydrogen-bond donors (Lipinski definition) is 0. The molecule has 4 heteroatoms. The normalized spacial score (nSPS) is 14.5. The van der Waals surface area contributed by atoms with E-state index >= 15 is 0 Å². The van der Waals surface area contributed by atoms with Crippen molar-refractivity contribution in [1.29, 1.82) is 0 Å². The summed E-state index contributed by atoms with van der Waals surface area (Å²) in [6.07, 6.45) is 5.20. The van der Waals surface area contributed by atoms with Gasteiger partial charge in [0, 0.05) is 39.3 Å². The molecule has 0 atom stereocenters. The van der Waals surface area contributed by atoms with Crippen molar-refractivity contribution in [3.63, 3.8) is 0 Å². The third-order valence-electron chi connectivity index (χ3n) is 2.89. The molecule has 0 N–H and O–H groups in total. The molecule has 1 aromatic rings. The second-order valence-electron chi connectivity index (χ2n) is 3.90. The van der Waals surface area contributed by atoms with E-state index < -0.39 is 0 Å². The van der Waals surface area contributed by atoms with Crippen LogP contribution in [0.1, 0.15) is 12.5 Å². The Morgan fingerprint density at radius 3 is 2.47 bits per heavy atom. The van der Waals surface area contributed by atoms with Crippen LogP contribution in [0.3, 0.4) is 0 Å². The molecule has 0 saturated carbocycles. The van der Waals surface area contributed by atoms with E-state index in [9.17, 15) is 0 Å². The summed E-state index contributed by atoms with van der Waals surface area (Å²) in [5.41, 5.74) is 3.10. The van der Waals surface area contributed by atoms with Gasteiger partial charge in [-0.25, -0.2) is 0 Å². The first-order valence-electron chi connectivity index (χ1n) is 5.77. The van der Waals surface area contributed by atoms with Gasteiger partial charge in [0.15, 0.2) is 0 Å². The summed E-state index contributed by atoms with van der Waals surface area (Å²) in [5.74, 6) is 0.855. The molecule has 1 aromatic carbocycles. The van der Waals surface area contributed by atoms with Crippen LogP contribution in [-0.4, -0.2) is 18.6 Å². The summed E-state index contributed by atoms with van der Waals surface area (Å²) >= 11 is 3.48. The molecule has 1 heterocycles. The first-order valence-corrected chi connectivity index (χ1v) is 6.57. The third-order valence-corrected chi connectivity index (χ3v) is 3.57. The Morgan fingerprint density at radius 2 is 1.95 bits per heavy atom. The Morgan fingerprint density at radius 1 is 1.32 bits per heavy atom. The molecular weight excluding hydrogens is 379 g/mol. The van der Waals surface area contributed by atoms with Crippen molar-refractivity contribution in [3.05, 3.63) is 58.7 Å². The molecule has 1 aliphatic rings. The van der Waals surface area contributed by atoms with Crippen LogP contribution in [0.2, 0.25) is 0 Å². The van der Waals surface area contributed by atoms with Crippen molar-refractivity contribution < 1.29 is 37.4 Å². The number of methoxy groups -OCH3 is 1. The molecule has 97 valence electrons. The molecule has 2 rings (SSSR count). The Kier molecular flexibility index (Phi) is 6.51. The zero-order valence-corrected chi connectivity index (χ0v) is 15.5. The molecule has 0 amide bonds. The predicted octanol–water partition coefficient (Wildman–Crippen LogP) is 3.96. The number of likely N-dealkylation sites (N-methyl/N-ethyl adjacent to an activating group) is 1. The first-order chi connectivity index (χ1) is 8.67. The number of halogens is 1. The number of ether oxygens (including phenoxy) is 1. The maximum Gasteiger partial charge on any atom is 0.116 e. The van der Waals surface area contributed by atoms with Crippen LogP contribution in [0.25, 0.3) is 5.70 Å². The van der Waals surface area contributed by atoms with Crippen LogP contribution in [0, 0.1) is 6.08 Å². The van der Waals surface area contributed by atoms with E-state index in [1.54, 1.807) is 7.11 Å². The molecule has 0 bridgehead atoms. The standard InChI is InChI=1S/C15H15BrNO.Y/c1-4-17-11(2)14(16)9-10-15(17)12-5-7-13(18-3)8-6-12;/h5-9H,2,4H2,1,3H3;/q-1;. The minimum absolute atomic E-state index is 0. The van der Waals surface area contributed by atoms with E-state index in [2.05, 4.69) is 40.4 Å². The number of benzene rings is 1. The second-order valence-corrected chi connectivity index (χ2v) is 4.76.